The van der Waals surface area contributed by atoms with Crippen molar-refractivity contribution < 1.29 is 13.5 Å². The molecule has 112 valence electrons. The van der Waals surface area contributed by atoms with E-state index in [0.29, 0.717) is 5.75 Å². The average molecular weight is 356 g/mol. The van der Waals surface area contributed by atoms with Crippen LogP contribution in [0.15, 0.2) is 40.9 Å². The molecule has 0 spiro atoms. The molecule has 0 heterocycles. The van der Waals surface area contributed by atoms with Gasteiger partial charge in [-0.3, -0.25) is 0 Å². The van der Waals surface area contributed by atoms with Crippen molar-refractivity contribution in [3.05, 3.63) is 58.1 Å². The van der Waals surface area contributed by atoms with Crippen molar-refractivity contribution in [1.29, 1.82) is 0 Å². The van der Waals surface area contributed by atoms with Gasteiger partial charge in [0.15, 0.2) is 11.6 Å². The smallest absolute Gasteiger partial charge is 0.167 e. The van der Waals surface area contributed by atoms with E-state index >= 15 is 0 Å². The Balaban J connectivity index is 2.36. The Bertz CT molecular complexity index is 634. The van der Waals surface area contributed by atoms with E-state index < -0.39 is 11.6 Å². The third kappa shape index (κ3) is 3.80. The van der Waals surface area contributed by atoms with E-state index in [2.05, 4.69) is 21.2 Å². The molecule has 0 aliphatic heterocycles. The normalized spacial score (nSPS) is 12.2. The van der Waals surface area contributed by atoms with Crippen molar-refractivity contribution in [3.63, 3.8) is 0 Å². The summed E-state index contributed by atoms with van der Waals surface area (Å²) in [6.45, 7) is 4.68. The van der Waals surface area contributed by atoms with Gasteiger partial charge in [-0.15, -0.1) is 0 Å². The Hall–Kier alpha value is -1.46. The molecule has 1 unspecified atom stereocenters. The molecule has 5 heteroatoms. The number of halogens is 3. The summed E-state index contributed by atoms with van der Waals surface area (Å²) in [5, 5.41) is 3.22. The highest BCUT2D eigenvalue weighted by atomic mass is 79.9. The standard InChI is InChI=1S/C16H16BrF2NO/c1-3-20-10(2)12-5-4-6-15(19)16(12)21-11-7-8-14(18)13(17)9-11/h4-10,20H,3H2,1-2H3. The van der Waals surface area contributed by atoms with E-state index in [-0.39, 0.29) is 16.3 Å². The first-order chi connectivity index (χ1) is 10.0. The topological polar surface area (TPSA) is 21.3 Å². The Kier molecular flexibility index (Phi) is 5.31. The fourth-order valence-corrected chi connectivity index (χ4v) is 2.41. The minimum atomic E-state index is -0.447. The van der Waals surface area contributed by atoms with Crippen molar-refractivity contribution in [2.45, 2.75) is 19.9 Å². The molecule has 2 nitrogen and oxygen atoms in total. The van der Waals surface area contributed by atoms with Crippen LogP contribution >= 0.6 is 15.9 Å². The zero-order valence-electron chi connectivity index (χ0n) is 11.8. The van der Waals surface area contributed by atoms with E-state index in [1.165, 1.54) is 24.3 Å². The summed E-state index contributed by atoms with van der Waals surface area (Å²) in [6, 6.07) is 8.96. The SMILES string of the molecule is CCNC(C)c1cccc(F)c1Oc1ccc(F)c(Br)c1. The van der Waals surface area contributed by atoms with Gasteiger partial charge < -0.3 is 10.1 Å². The van der Waals surface area contributed by atoms with Crippen LogP contribution in [-0.4, -0.2) is 6.54 Å². The number of rotatable bonds is 5. The zero-order valence-corrected chi connectivity index (χ0v) is 13.4. The first-order valence-electron chi connectivity index (χ1n) is 6.67. The number of benzene rings is 2. The molecule has 2 aromatic rings. The molecule has 21 heavy (non-hydrogen) atoms. The Morgan fingerprint density at radius 1 is 1.19 bits per heavy atom. The maximum atomic E-state index is 14.1. The summed E-state index contributed by atoms with van der Waals surface area (Å²) in [4.78, 5) is 0. The van der Waals surface area contributed by atoms with Crippen molar-refractivity contribution in [2.24, 2.45) is 0 Å². The lowest BCUT2D eigenvalue weighted by molar-refractivity contribution is 0.425. The molecule has 0 amide bonds. The zero-order chi connectivity index (χ0) is 15.4. The van der Waals surface area contributed by atoms with Gasteiger partial charge in [0.2, 0.25) is 0 Å². The molecule has 0 saturated carbocycles. The maximum Gasteiger partial charge on any atom is 0.167 e. The second kappa shape index (κ2) is 7.00. The number of nitrogens with one attached hydrogen (secondary N) is 1. The molecule has 0 fully saturated rings. The molecule has 2 rings (SSSR count). The quantitative estimate of drug-likeness (QED) is 0.796. The van der Waals surface area contributed by atoms with Gasteiger partial charge in [0.05, 0.1) is 4.47 Å². The van der Waals surface area contributed by atoms with E-state index in [0.717, 1.165) is 12.1 Å². The summed E-state index contributed by atoms with van der Waals surface area (Å²) < 4.78 is 33.2. The highest BCUT2D eigenvalue weighted by molar-refractivity contribution is 9.10. The fraction of sp³-hybridized carbons (Fsp3) is 0.250. The monoisotopic (exact) mass is 355 g/mol. The second-order valence-corrected chi connectivity index (χ2v) is 5.47. The van der Waals surface area contributed by atoms with Crippen molar-refractivity contribution in [3.8, 4) is 11.5 Å². The molecule has 1 atom stereocenters. The first-order valence-corrected chi connectivity index (χ1v) is 7.47. The fourth-order valence-electron chi connectivity index (χ4n) is 2.05. The van der Waals surface area contributed by atoms with Crippen LogP contribution in [0.2, 0.25) is 0 Å². The first kappa shape index (κ1) is 15.9. The molecule has 0 saturated heterocycles. The van der Waals surface area contributed by atoms with E-state index in [9.17, 15) is 8.78 Å². The molecular weight excluding hydrogens is 340 g/mol. The van der Waals surface area contributed by atoms with Crippen LogP contribution in [0.3, 0.4) is 0 Å². The maximum absolute atomic E-state index is 14.1. The van der Waals surface area contributed by atoms with Gasteiger partial charge in [-0.05, 0) is 53.7 Å². The van der Waals surface area contributed by atoms with Crippen LogP contribution < -0.4 is 10.1 Å². The number of para-hydroxylation sites is 1. The van der Waals surface area contributed by atoms with E-state index in [4.69, 9.17) is 4.74 Å². The average Bonchev–Trinajstić information content (AvgIpc) is 2.45. The molecule has 0 aliphatic rings. The summed E-state index contributed by atoms with van der Waals surface area (Å²) in [5.74, 6) is -0.308. The Morgan fingerprint density at radius 3 is 2.62 bits per heavy atom. The molecule has 0 radical (unpaired) electrons. The Morgan fingerprint density at radius 2 is 1.95 bits per heavy atom. The molecule has 0 bridgehead atoms. The molecule has 0 aromatic heterocycles. The van der Waals surface area contributed by atoms with Gasteiger partial charge >= 0.3 is 0 Å². The lowest BCUT2D eigenvalue weighted by Gasteiger charge is -2.18. The molecule has 2 aromatic carbocycles. The van der Waals surface area contributed by atoms with Gasteiger partial charge in [-0.25, -0.2) is 8.78 Å². The van der Waals surface area contributed by atoms with Gasteiger partial charge in [-0.2, -0.15) is 0 Å². The summed E-state index contributed by atoms with van der Waals surface area (Å²) in [6.07, 6.45) is 0. The summed E-state index contributed by atoms with van der Waals surface area (Å²) in [7, 11) is 0. The van der Waals surface area contributed by atoms with Crippen LogP contribution in [0, 0.1) is 11.6 Å². The second-order valence-electron chi connectivity index (χ2n) is 4.62. The van der Waals surface area contributed by atoms with Crippen molar-refractivity contribution in [1.82, 2.24) is 5.32 Å². The minimum absolute atomic E-state index is 0.0513. The molecule has 0 aliphatic carbocycles. The van der Waals surface area contributed by atoms with Crippen molar-refractivity contribution in [2.75, 3.05) is 6.54 Å². The minimum Gasteiger partial charge on any atom is -0.454 e. The molecular formula is C16H16BrF2NO. The van der Waals surface area contributed by atoms with E-state index in [1.807, 2.05) is 19.9 Å². The number of hydrogen-bond acceptors (Lipinski definition) is 2. The third-order valence-corrected chi connectivity index (χ3v) is 3.69. The van der Waals surface area contributed by atoms with Gasteiger partial charge in [-0.1, -0.05) is 19.1 Å². The predicted octanol–water partition coefficient (Wildman–Crippen LogP) is 5.19. The predicted molar refractivity (Wildman–Crippen MR) is 82.7 cm³/mol. The van der Waals surface area contributed by atoms with Crippen LogP contribution in [-0.2, 0) is 0 Å². The number of ether oxygens (including phenoxy) is 1. The van der Waals surface area contributed by atoms with Crippen molar-refractivity contribution >= 4 is 15.9 Å². The van der Waals surface area contributed by atoms with Crippen LogP contribution in [0.4, 0.5) is 8.78 Å². The third-order valence-electron chi connectivity index (χ3n) is 3.09. The highest BCUT2D eigenvalue weighted by Gasteiger charge is 2.16. The van der Waals surface area contributed by atoms with Crippen LogP contribution in [0.1, 0.15) is 25.5 Å². The summed E-state index contributed by atoms with van der Waals surface area (Å²) >= 11 is 3.09. The van der Waals surface area contributed by atoms with E-state index in [1.54, 1.807) is 6.07 Å². The van der Waals surface area contributed by atoms with Gasteiger partial charge in [0, 0.05) is 11.6 Å². The molecule has 1 N–H and O–H groups in total. The van der Waals surface area contributed by atoms with Crippen LogP contribution in [0.25, 0.3) is 0 Å². The van der Waals surface area contributed by atoms with Crippen LogP contribution in [0.5, 0.6) is 11.5 Å². The Labute approximate surface area is 131 Å². The van der Waals surface area contributed by atoms with Gasteiger partial charge in [0.1, 0.15) is 11.6 Å². The highest BCUT2D eigenvalue weighted by Crippen LogP contribution is 2.33. The lowest BCUT2D eigenvalue weighted by Crippen LogP contribution is -2.18. The lowest BCUT2D eigenvalue weighted by atomic mass is 10.1. The largest absolute Gasteiger partial charge is 0.454 e. The summed E-state index contributed by atoms with van der Waals surface area (Å²) in [5.41, 5.74) is 0.720. The number of hydrogen-bond donors (Lipinski definition) is 1. The van der Waals surface area contributed by atoms with Gasteiger partial charge in [0.25, 0.3) is 0 Å².